The van der Waals surface area contributed by atoms with Crippen molar-refractivity contribution in [1.82, 2.24) is 20.9 Å². The first-order valence-electron chi connectivity index (χ1n) is 6.76. The van der Waals surface area contributed by atoms with Crippen molar-refractivity contribution in [3.63, 3.8) is 0 Å². The van der Waals surface area contributed by atoms with Crippen molar-refractivity contribution in [2.24, 2.45) is 0 Å². The lowest BCUT2D eigenvalue weighted by molar-refractivity contribution is -0.125. The Labute approximate surface area is 107 Å². The third-order valence-corrected chi connectivity index (χ3v) is 3.47. The van der Waals surface area contributed by atoms with Crippen LogP contribution in [0, 0.1) is 0 Å². The second-order valence-electron chi connectivity index (χ2n) is 4.89. The Hall–Kier alpha value is -1.14. The van der Waals surface area contributed by atoms with E-state index in [4.69, 9.17) is 0 Å². The Morgan fingerprint density at radius 2 is 2.17 bits per heavy atom. The van der Waals surface area contributed by atoms with Crippen molar-refractivity contribution >= 4 is 11.8 Å². The van der Waals surface area contributed by atoms with Crippen LogP contribution in [0.5, 0.6) is 0 Å². The molecule has 6 nitrogen and oxygen atoms in total. The summed E-state index contributed by atoms with van der Waals surface area (Å²) in [4.78, 5) is 25.1. The molecule has 102 valence electrons. The number of piperazine rings is 1. The number of hydrogen-bond donors (Lipinski definition) is 3. The van der Waals surface area contributed by atoms with E-state index in [-0.39, 0.29) is 17.9 Å². The number of rotatable bonds is 5. The molecule has 6 heteroatoms. The Kier molecular flexibility index (Phi) is 4.95. The summed E-state index contributed by atoms with van der Waals surface area (Å²) < 4.78 is 0. The molecule has 2 heterocycles. The number of carbonyl (C=O) groups excluding carboxylic acids is 2. The topological polar surface area (TPSA) is 73.5 Å². The molecule has 0 radical (unpaired) electrons. The Balaban J connectivity index is 1.54. The molecule has 0 unspecified atom stereocenters. The molecule has 0 bridgehead atoms. The fraction of sp³-hybridized carbons (Fsp3) is 0.833. The minimum atomic E-state index is -0.309. The lowest BCUT2D eigenvalue weighted by Crippen LogP contribution is -2.45. The van der Waals surface area contributed by atoms with Crippen LogP contribution in [-0.2, 0) is 9.59 Å². The SMILES string of the molecule is O=C1CC[C@@H](C(=O)NCCCN2CCNCC2)N1. The minimum Gasteiger partial charge on any atom is -0.354 e. The molecular formula is C12H22N4O2. The summed E-state index contributed by atoms with van der Waals surface area (Å²) in [5, 5.41) is 8.88. The molecule has 2 aliphatic rings. The first kappa shape index (κ1) is 13.3. The lowest BCUT2D eigenvalue weighted by Gasteiger charge is -2.27. The highest BCUT2D eigenvalue weighted by molar-refractivity contribution is 5.90. The van der Waals surface area contributed by atoms with E-state index in [0.29, 0.717) is 19.4 Å². The molecule has 0 aromatic rings. The van der Waals surface area contributed by atoms with Gasteiger partial charge in [-0.3, -0.25) is 9.59 Å². The average Bonchev–Trinajstić information content (AvgIpc) is 2.82. The van der Waals surface area contributed by atoms with Gasteiger partial charge in [-0.05, 0) is 19.4 Å². The molecule has 0 aromatic heterocycles. The standard InChI is InChI=1S/C12H22N4O2/c17-11-3-2-10(15-11)12(18)14-4-1-7-16-8-5-13-6-9-16/h10,13H,1-9H2,(H,14,18)(H,15,17)/t10-/m0/s1. The molecule has 3 N–H and O–H groups in total. The molecule has 2 fully saturated rings. The zero-order valence-electron chi connectivity index (χ0n) is 10.7. The van der Waals surface area contributed by atoms with Gasteiger partial charge in [0, 0.05) is 39.1 Å². The first-order chi connectivity index (χ1) is 8.75. The molecule has 0 spiro atoms. The van der Waals surface area contributed by atoms with Gasteiger partial charge in [0.1, 0.15) is 6.04 Å². The maximum atomic E-state index is 11.7. The zero-order valence-corrected chi connectivity index (χ0v) is 10.7. The number of hydrogen-bond acceptors (Lipinski definition) is 4. The van der Waals surface area contributed by atoms with Crippen molar-refractivity contribution < 1.29 is 9.59 Å². The second-order valence-corrected chi connectivity index (χ2v) is 4.89. The van der Waals surface area contributed by atoms with Crippen LogP contribution in [0.15, 0.2) is 0 Å². The quantitative estimate of drug-likeness (QED) is 0.532. The predicted molar refractivity (Wildman–Crippen MR) is 68.1 cm³/mol. The molecule has 2 rings (SSSR count). The molecule has 2 aliphatic heterocycles. The van der Waals surface area contributed by atoms with Crippen LogP contribution in [0.25, 0.3) is 0 Å². The lowest BCUT2D eigenvalue weighted by atomic mass is 10.2. The van der Waals surface area contributed by atoms with E-state index in [2.05, 4.69) is 20.9 Å². The van der Waals surface area contributed by atoms with Gasteiger partial charge in [-0.1, -0.05) is 0 Å². The Morgan fingerprint density at radius 3 is 2.83 bits per heavy atom. The van der Waals surface area contributed by atoms with Gasteiger partial charge in [0.2, 0.25) is 11.8 Å². The van der Waals surface area contributed by atoms with Crippen LogP contribution in [0.3, 0.4) is 0 Å². The van der Waals surface area contributed by atoms with Crippen LogP contribution in [0.2, 0.25) is 0 Å². The Morgan fingerprint density at radius 1 is 1.39 bits per heavy atom. The van der Waals surface area contributed by atoms with Crippen LogP contribution in [0.1, 0.15) is 19.3 Å². The summed E-state index contributed by atoms with van der Waals surface area (Å²) >= 11 is 0. The number of amides is 2. The van der Waals surface area contributed by atoms with Crippen molar-refractivity contribution in [1.29, 1.82) is 0 Å². The highest BCUT2D eigenvalue weighted by Gasteiger charge is 2.26. The van der Waals surface area contributed by atoms with Crippen LogP contribution >= 0.6 is 0 Å². The normalized spacial score (nSPS) is 24.9. The highest BCUT2D eigenvalue weighted by atomic mass is 16.2. The average molecular weight is 254 g/mol. The molecule has 0 saturated carbocycles. The third kappa shape index (κ3) is 3.96. The minimum absolute atomic E-state index is 0.0176. The van der Waals surface area contributed by atoms with Gasteiger partial charge >= 0.3 is 0 Å². The van der Waals surface area contributed by atoms with E-state index in [1.165, 1.54) is 0 Å². The highest BCUT2D eigenvalue weighted by Crippen LogP contribution is 2.06. The second kappa shape index (κ2) is 6.70. The number of carbonyl (C=O) groups is 2. The maximum absolute atomic E-state index is 11.7. The largest absolute Gasteiger partial charge is 0.354 e. The molecule has 2 amide bonds. The molecular weight excluding hydrogens is 232 g/mol. The summed E-state index contributed by atoms with van der Waals surface area (Å²) in [7, 11) is 0. The molecule has 1 atom stereocenters. The van der Waals surface area contributed by atoms with Gasteiger partial charge in [0.25, 0.3) is 0 Å². The summed E-state index contributed by atoms with van der Waals surface area (Å²) in [6.45, 7) is 6.01. The summed E-state index contributed by atoms with van der Waals surface area (Å²) in [5.41, 5.74) is 0. The van der Waals surface area contributed by atoms with E-state index in [1.54, 1.807) is 0 Å². The van der Waals surface area contributed by atoms with Gasteiger partial charge < -0.3 is 20.9 Å². The molecule has 0 aromatic carbocycles. The van der Waals surface area contributed by atoms with E-state index < -0.39 is 0 Å². The van der Waals surface area contributed by atoms with Crippen LogP contribution in [0.4, 0.5) is 0 Å². The fourth-order valence-corrected chi connectivity index (χ4v) is 2.38. The summed E-state index contributed by atoms with van der Waals surface area (Å²) in [5.74, 6) is -0.0582. The number of nitrogens with one attached hydrogen (secondary N) is 3. The van der Waals surface area contributed by atoms with Crippen LogP contribution < -0.4 is 16.0 Å². The van der Waals surface area contributed by atoms with E-state index in [0.717, 1.165) is 39.1 Å². The molecule has 18 heavy (non-hydrogen) atoms. The zero-order chi connectivity index (χ0) is 12.8. The number of nitrogens with zero attached hydrogens (tertiary/aromatic N) is 1. The predicted octanol–water partition coefficient (Wildman–Crippen LogP) is -1.32. The van der Waals surface area contributed by atoms with Crippen molar-refractivity contribution in [3.8, 4) is 0 Å². The van der Waals surface area contributed by atoms with Gasteiger partial charge in [-0.15, -0.1) is 0 Å². The monoisotopic (exact) mass is 254 g/mol. The third-order valence-electron chi connectivity index (χ3n) is 3.47. The first-order valence-corrected chi connectivity index (χ1v) is 6.76. The molecule has 2 saturated heterocycles. The van der Waals surface area contributed by atoms with Gasteiger partial charge in [0.05, 0.1) is 0 Å². The van der Waals surface area contributed by atoms with Crippen molar-refractivity contribution in [3.05, 3.63) is 0 Å². The van der Waals surface area contributed by atoms with E-state index >= 15 is 0 Å². The fourth-order valence-electron chi connectivity index (χ4n) is 2.38. The van der Waals surface area contributed by atoms with E-state index in [9.17, 15) is 9.59 Å². The van der Waals surface area contributed by atoms with Crippen LogP contribution in [-0.4, -0.2) is 62.0 Å². The molecule has 0 aliphatic carbocycles. The van der Waals surface area contributed by atoms with Gasteiger partial charge in [-0.25, -0.2) is 0 Å². The van der Waals surface area contributed by atoms with Gasteiger partial charge in [-0.2, -0.15) is 0 Å². The summed E-state index contributed by atoms with van der Waals surface area (Å²) in [6, 6.07) is -0.309. The Bertz CT molecular complexity index is 302. The van der Waals surface area contributed by atoms with Gasteiger partial charge in [0.15, 0.2) is 0 Å². The maximum Gasteiger partial charge on any atom is 0.242 e. The smallest absolute Gasteiger partial charge is 0.242 e. The van der Waals surface area contributed by atoms with E-state index in [1.807, 2.05) is 0 Å². The van der Waals surface area contributed by atoms with Crippen molar-refractivity contribution in [2.75, 3.05) is 39.3 Å². The summed E-state index contributed by atoms with van der Waals surface area (Å²) in [6.07, 6.45) is 2.06. The van der Waals surface area contributed by atoms with Crippen molar-refractivity contribution in [2.45, 2.75) is 25.3 Å².